The summed E-state index contributed by atoms with van der Waals surface area (Å²) in [6.45, 7) is 28.5. The Labute approximate surface area is 858 Å². The van der Waals surface area contributed by atoms with Crippen LogP contribution >= 0.6 is 34.8 Å². The molecule has 0 atom stereocenters. The molecule has 0 spiro atoms. The lowest BCUT2D eigenvalue weighted by Crippen LogP contribution is -2.07. The maximum absolute atomic E-state index is 12.4. The van der Waals surface area contributed by atoms with Crippen molar-refractivity contribution in [1.82, 2.24) is 98.0 Å². The topological polar surface area (TPSA) is 400 Å². The van der Waals surface area contributed by atoms with Crippen LogP contribution in [0.3, 0.4) is 0 Å². The van der Waals surface area contributed by atoms with Gasteiger partial charge in [0.15, 0.2) is 40.1 Å². The first kappa shape index (κ1) is 102. The van der Waals surface area contributed by atoms with Gasteiger partial charge in [-0.25, -0.2) is 57.3 Å². The number of esters is 4. The van der Waals surface area contributed by atoms with Crippen molar-refractivity contribution >= 4 is 64.7 Å². The van der Waals surface area contributed by atoms with E-state index in [0.717, 1.165) is 122 Å². The van der Waals surface area contributed by atoms with Crippen LogP contribution in [0.5, 0.6) is 0 Å². The van der Waals surface area contributed by atoms with Crippen LogP contribution in [0.25, 0.3) is 142 Å². The third-order valence-electron chi connectivity index (χ3n) is 22.9. The average Bonchev–Trinajstić information content (AvgIpc) is 1.64. The molecule has 742 valence electrons. The number of rotatable bonds is 26. The van der Waals surface area contributed by atoms with Crippen LogP contribution in [0.15, 0.2) is 287 Å². The maximum atomic E-state index is 12.4. The summed E-state index contributed by atoms with van der Waals surface area (Å²) in [5.74, 6) is 0.858. The molecule has 0 unspecified atom stereocenters. The van der Waals surface area contributed by atoms with Crippen LogP contribution in [-0.2, 0) is 18.9 Å². The minimum atomic E-state index is -1.12. The fourth-order valence-electron chi connectivity index (χ4n) is 15.7. The Kier molecular flexibility index (Phi) is 32.5. The first-order valence-corrected chi connectivity index (χ1v) is 49.8. The van der Waals surface area contributed by atoms with E-state index < -0.39 is 29.8 Å². The van der Waals surface area contributed by atoms with Crippen molar-refractivity contribution in [3.63, 3.8) is 0 Å². The summed E-state index contributed by atoms with van der Waals surface area (Å²) in [4.78, 5) is 83.7. The van der Waals surface area contributed by atoms with E-state index >= 15 is 0 Å². The van der Waals surface area contributed by atoms with Gasteiger partial charge < -0.3 is 37.6 Å². The molecule has 0 radical (unpaired) electrons. The quantitative estimate of drug-likeness (QED) is 0.0299. The molecule has 0 aliphatic rings. The van der Waals surface area contributed by atoms with Gasteiger partial charge in [0.05, 0.1) is 48.8 Å². The van der Waals surface area contributed by atoms with Crippen LogP contribution in [0, 0.1) is 55.4 Å². The smallest absolute Gasteiger partial charge is 0.359 e. The van der Waals surface area contributed by atoms with Gasteiger partial charge in [-0.1, -0.05) is 253 Å². The third-order valence-corrected chi connectivity index (χ3v) is 24.7. The van der Waals surface area contributed by atoms with Crippen molar-refractivity contribution in [2.45, 2.75) is 109 Å². The van der Waals surface area contributed by atoms with Crippen molar-refractivity contribution < 1.29 is 61.6 Å². The summed E-state index contributed by atoms with van der Waals surface area (Å²) in [5, 5.41) is 45.6. The summed E-state index contributed by atoms with van der Waals surface area (Å²) in [5.41, 5.74) is 23.0. The van der Waals surface area contributed by atoms with Crippen LogP contribution < -0.4 is 0 Å². The SMILES string of the molecule is CCOC(=O)c1cc(-c2nc(-c3cccc(C)c3)no2)n(-c2ccccc2C)n1.CCOC(=O)c1cc(-c2nsc(-c3cccc(C)c3)n2)n(-c2ccccc2C)n1.COC(=O)c1cc(-c2nsc(-c3cccc(C)c3)n2)n(-c2ccccc2C(C)C)n1.CSCOC(=O)c1cc(-c2nc(-c3cccc(C)c3)no2)n(-c2ccccc2C)n1.Cc1cccc(-c2noc(-c3cc(C(=O)O)nn3-c3ccccc3C(C)C)n2)c1. The highest BCUT2D eigenvalue weighted by atomic mass is 32.2. The molecule has 10 heterocycles. The second kappa shape index (κ2) is 46.7. The number of methoxy groups -OCH3 is 1. The summed E-state index contributed by atoms with van der Waals surface area (Å²) < 4.78 is 54.3. The Bertz CT molecular complexity index is 7940. The molecule has 0 amide bonds. The van der Waals surface area contributed by atoms with Crippen LogP contribution in [-0.4, -0.2) is 166 Å². The van der Waals surface area contributed by atoms with Gasteiger partial charge in [0.1, 0.15) is 44.4 Å². The number of hydrogen-bond acceptors (Lipinski definition) is 30. The highest BCUT2D eigenvalue weighted by Gasteiger charge is 2.30. The van der Waals surface area contributed by atoms with E-state index in [0.29, 0.717) is 57.6 Å². The molecule has 20 rings (SSSR count). The molecule has 36 heteroatoms. The summed E-state index contributed by atoms with van der Waals surface area (Å²) in [6, 6.07) is 86.9. The van der Waals surface area contributed by atoms with Gasteiger partial charge in [0, 0.05) is 58.1 Å². The Morgan fingerprint density at radius 1 is 0.333 bits per heavy atom. The number of carbonyl (C=O) groups excluding carboxylic acids is 4. The molecule has 0 saturated heterocycles. The molecule has 33 nitrogen and oxygen atoms in total. The zero-order valence-electron chi connectivity index (χ0n) is 83.3. The number of carbonyl (C=O) groups is 5. The zero-order valence-corrected chi connectivity index (χ0v) is 85.7. The number of ether oxygens (including phenoxy) is 4. The van der Waals surface area contributed by atoms with Crippen LogP contribution in [0.1, 0.15) is 161 Å². The number of aromatic carboxylic acids is 1. The standard InChI is InChI=1S/C23H22N4O2S.C22H20N4O3S.2C22H20N4O3.C22H20N4O2S/c1-14(2)17-10-5-6-11-19(17)27-20(13-18(25-27)23(28)29-4)21-24-22(30-26-21)16-9-7-8-15(3)12-16;1-14-7-6-9-16(11-14)20-23-21(29-25-20)19-12-17(22(27)28-13-30-3)24-26(19)18-10-5-4-8-15(18)2;1-13(2)16-9-4-5-10-18(16)26-19(12-17(24-26)22(27)28)21-23-20(25-29-21)15-8-6-7-14(3)11-15;1-4-28-22(27)17-13-19(26(24-17)18-11-6-5-9-15(18)3)21-23-20(25-29-21)16-10-7-8-14(2)12-16;1-4-28-22(27)17-13-19(26(24-17)18-11-6-5-9-15(18)3)20-23-21(29-25-20)16-10-7-8-14(2)12-16/h5-14H,1-4H3;4-12H,13H2,1-3H3;4-13H,1-3H3,(H,27,28);2*5-13H,4H2,1-3H3. The second-order valence-electron chi connectivity index (χ2n) is 34.5. The normalized spacial score (nSPS) is 11.0. The maximum Gasteiger partial charge on any atom is 0.359 e. The molecule has 0 aliphatic heterocycles. The van der Waals surface area contributed by atoms with Crippen molar-refractivity contribution in [2.24, 2.45) is 0 Å². The van der Waals surface area contributed by atoms with Gasteiger partial charge >= 0.3 is 29.8 Å². The largest absolute Gasteiger partial charge is 0.476 e. The predicted molar refractivity (Wildman–Crippen MR) is 563 cm³/mol. The lowest BCUT2D eigenvalue weighted by atomic mass is 10.0. The number of para-hydroxylation sites is 5. The monoisotopic (exact) mass is 2020 g/mol. The first-order chi connectivity index (χ1) is 71.1. The Morgan fingerprint density at radius 3 is 0.946 bits per heavy atom. The van der Waals surface area contributed by atoms with Crippen molar-refractivity contribution in [3.05, 3.63) is 357 Å². The van der Waals surface area contributed by atoms with Gasteiger partial charge in [-0.3, -0.25) is 0 Å². The molecule has 10 aromatic carbocycles. The van der Waals surface area contributed by atoms with Gasteiger partial charge in [0.25, 0.3) is 17.7 Å². The Balaban J connectivity index is 0.000000131. The molecule has 0 aliphatic carbocycles. The van der Waals surface area contributed by atoms with Crippen LogP contribution in [0.4, 0.5) is 0 Å². The highest BCUT2D eigenvalue weighted by molar-refractivity contribution is 7.98. The van der Waals surface area contributed by atoms with Gasteiger partial charge in [-0.15, -0.1) is 11.8 Å². The molecule has 20 aromatic rings. The zero-order chi connectivity index (χ0) is 104. The summed E-state index contributed by atoms with van der Waals surface area (Å²) in [6.07, 6.45) is 1.86. The van der Waals surface area contributed by atoms with E-state index in [2.05, 4.69) is 111 Å². The lowest BCUT2D eigenvalue weighted by Gasteiger charge is -2.14. The van der Waals surface area contributed by atoms with Gasteiger partial charge in [-0.2, -0.15) is 49.2 Å². The van der Waals surface area contributed by atoms with E-state index in [1.807, 2.05) is 286 Å². The molecule has 0 bridgehead atoms. The Morgan fingerprint density at radius 2 is 0.619 bits per heavy atom. The molecular formula is C111H102N20O13S3. The third kappa shape index (κ3) is 24.0. The van der Waals surface area contributed by atoms with E-state index in [1.165, 1.54) is 48.0 Å². The van der Waals surface area contributed by atoms with Gasteiger partial charge in [0.2, 0.25) is 17.5 Å². The Hall–Kier alpha value is -17.5. The lowest BCUT2D eigenvalue weighted by molar-refractivity contribution is 0.0509. The number of carboxylic acid groups (broad SMARTS) is 1. The highest BCUT2D eigenvalue weighted by Crippen LogP contribution is 2.38. The number of nitrogens with zero attached hydrogens (tertiary/aromatic N) is 20. The summed E-state index contributed by atoms with van der Waals surface area (Å²) >= 11 is 4.06. The summed E-state index contributed by atoms with van der Waals surface area (Å²) in [7, 11) is 1.35. The minimum Gasteiger partial charge on any atom is -0.476 e. The van der Waals surface area contributed by atoms with Gasteiger partial charge in [-0.05, 0) is 199 Å². The molecule has 0 saturated carbocycles. The number of aromatic nitrogens is 20. The number of thioether (sulfide) groups is 1. The van der Waals surface area contributed by atoms with Crippen molar-refractivity contribution in [1.29, 1.82) is 0 Å². The second-order valence-corrected chi connectivity index (χ2v) is 36.8. The average molecular weight is 2020 g/mol. The van der Waals surface area contributed by atoms with Crippen molar-refractivity contribution in [2.75, 3.05) is 32.5 Å². The fourth-order valence-corrected chi connectivity index (χ4v) is 17.2. The molecule has 0 fully saturated rings. The fraction of sp³-hybridized carbons (Fsp3) is 0.189. The number of carboxylic acids is 1. The number of benzene rings is 10. The minimum absolute atomic E-state index is 0.0890. The van der Waals surface area contributed by atoms with E-state index in [1.54, 1.807) is 61.5 Å². The van der Waals surface area contributed by atoms with E-state index in [4.69, 9.17) is 42.5 Å². The number of aryl methyl sites for hydroxylation is 8. The molecule has 10 aromatic heterocycles. The number of hydrogen-bond donors (Lipinski definition) is 1. The van der Waals surface area contributed by atoms with E-state index in [-0.39, 0.29) is 77.1 Å². The van der Waals surface area contributed by atoms with Crippen LogP contribution in [0.2, 0.25) is 0 Å². The van der Waals surface area contributed by atoms with Crippen molar-refractivity contribution in [3.8, 4) is 142 Å². The first-order valence-electron chi connectivity index (χ1n) is 46.9. The molecule has 1 N–H and O–H groups in total. The predicted octanol–water partition coefficient (Wildman–Crippen LogP) is 23.9. The van der Waals surface area contributed by atoms with E-state index in [9.17, 15) is 29.1 Å². The molecule has 147 heavy (non-hydrogen) atoms. The molecular weight excluding hydrogens is 1920 g/mol.